The predicted molar refractivity (Wildman–Crippen MR) is 167 cm³/mol. The molecule has 5 rings (SSSR count). The predicted octanol–water partition coefficient (Wildman–Crippen LogP) is 3.81. The summed E-state index contributed by atoms with van der Waals surface area (Å²) in [6, 6.07) is 21.1. The molecule has 2 heterocycles. The minimum atomic E-state index is -3.74. The molecule has 1 N–H and O–H groups in total. The lowest BCUT2D eigenvalue weighted by molar-refractivity contribution is -0.137. The molecule has 2 fully saturated rings. The van der Waals surface area contributed by atoms with Crippen molar-refractivity contribution in [3.63, 3.8) is 0 Å². The number of carbonyl (C=O) groups is 2. The summed E-state index contributed by atoms with van der Waals surface area (Å²) >= 11 is 0. The van der Waals surface area contributed by atoms with Crippen LogP contribution in [0.4, 0.5) is 5.69 Å². The van der Waals surface area contributed by atoms with Gasteiger partial charge in [-0.15, -0.1) is 0 Å². The first kappa shape index (κ1) is 30.6. The van der Waals surface area contributed by atoms with Gasteiger partial charge >= 0.3 is 0 Å². The van der Waals surface area contributed by atoms with Gasteiger partial charge in [0, 0.05) is 25.3 Å². The highest BCUT2D eigenvalue weighted by Crippen LogP contribution is 2.41. The lowest BCUT2D eigenvalue weighted by atomic mass is 9.86. The van der Waals surface area contributed by atoms with E-state index in [9.17, 15) is 18.0 Å². The van der Waals surface area contributed by atoms with E-state index in [4.69, 9.17) is 4.74 Å². The van der Waals surface area contributed by atoms with Crippen LogP contribution in [0.25, 0.3) is 0 Å². The highest BCUT2D eigenvalue weighted by atomic mass is 32.2. The Bertz CT molecular complexity index is 1580. The summed E-state index contributed by atoms with van der Waals surface area (Å²) in [5.74, 6) is 0.391. The highest BCUT2D eigenvalue weighted by molar-refractivity contribution is 7.89. The molecule has 1 spiro atoms. The van der Waals surface area contributed by atoms with Crippen molar-refractivity contribution in [1.29, 1.82) is 0 Å². The smallest absolute Gasteiger partial charge is 0.250 e. The van der Waals surface area contributed by atoms with Gasteiger partial charge in [-0.1, -0.05) is 54.1 Å². The second kappa shape index (κ2) is 12.4. The molecule has 2 aliphatic heterocycles. The van der Waals surface area contributed by atoms with Gasteiger partial charge in [0.15, 0.2) is 0 Å². The van der Waals surface area contributed by atoms with E-state index in [1.54, 1.807) is 12.0 Å². The fourth-order valence-electron chi connectivity index (χ4n) is 6.60. The number of benzene rings is 3. The second-order valence-electron chi connectivity index (χ2n) is 11.5. The number of anilines is 1. The fraction of sp³-hybridized carbons (Fsp3) is 0.394. The summed E-state index contributed by atoms with van der Waals surface area (Å²) in [4.78, 5) is 31.0. The summed E-state index contributed by atoms with van der Waals surface area (Å²) < 4.78 is 34.5. The molecule has 2 amide bonds. The number of nitrogens with one attached hydrogen (secondary N) is 1. The molecule has 43 heavy (non-hydrogen) atoms. The van der Waals surface area contributed by atoms with Gasteiger partial charge in [-0.25, -0.2) is 8.42 Å². The van der Waals surface area contributed by atoms with Crippen molar-refractivity contribution < 1.29 is 22.7 Å². The third kappa shape index (κ3) is 5.99. The summed E-state index contributed by atoms with van der Waals surface area (Å²) in [5.41, 5.74) is 3.41. The molecule has 0 saturated carbocycles. The van der Waals surface area contributed by atoms with Crippen molar-refractivity contribution in [2.45, 2.75) is 50.5 Å². The molecular weight excluding hydrogens is 564 g/mol. The minimum absolute atomic E-state index is 0.0698. The van der Waals surface area contributed by atoms with Crippen LogP contribution in [0.5, 0.6) is 5.75 Å². The van der Waals surface area contributed by atoms with Crippen molar-refractivity contribution in [3.8, 4) is 5.75 Å². The molecule has 0 bridgehead atoms. The largest absolute Gasteiger partial charge is 0.496 e. The quantitative estimate of drug-likeness (QED) is 0.399. The molecule has 3 aromatic carbocycles. The van der Waals surface area contributed by atoms with Crippen molar-refractivity contribution in [2.24, 2.45) is 0 Å². The van der Waals surface area contributed by atoms with E-state index in [1.165, 1.54) is 4.31 Å². The maximum Gasteiger partial charge on any atom is 0.250 e. The summed E-state index contributed by atoms with van der Waals surface area (Å²) in [5, 5.41) is 2.94. The molecular formula is C33H40N4O5S. The number of amides is 2. The number of methoxy groups -OCH3 is 1. The van der Waals surface area contributed by atoms with E-state index < -0.39 is 15.6 Å². The number of piperidine rings is 1. The van der Waals surface area contributed by atoms with Crippen LogP contribution in [0.15, 0.2) is 71.6 Å². The lowest BCUT2D eigenvalue weighted by Gasteiger charge is -2.43. The number of hydrogen-bond donors (Lipinski definition) is 1. The van der Waals surface area contributed by atoms with Crippen LogP contribution in [0.2, 0.25) is 0 Å². The first-order chi connectivity index (χ1) is 20.6. The number of para-hydroxylation sites is 2. The van der Waals surface area contributed by atoms with Crippen molar-refractivity contribution in [1.82, 2.24) is 14.5 Å². The number of carbonyl (C=O) groups excluding carboxylic acids is 2. The van der Waals surface area contributed by atoms with Crippen LogP contribution >= 0.6 is 0 Å². The van der Waals surface area contributed by atoms with E-state index in [1.807, 2.05) is 92.4 Å². The number of rotatable bonds is 9. The summed E-state index contributed by atoms with van der Waals surface area (Å²) in [7, 11) is -2.12. The van der Waals surface area contributed by atoms with Crippen molar-refractivity contribution >= 4 is 27.5 Å². The van der Waals surface area contributed by atoms with Crippen LogP contribution < -0.4 is 15.0 Å². The molecule has 0 aromatic heterocycles. The number of nitrogens with zero attached hydrogens (tertiary/aromatic N) is 3. The number of ether oxygens (including phenoxy) is 1. The molecule has 0 atom stereocenters. The SMILES string of the molecule is COc1ccccc1CCNC(=O)CN1CN(c2ccccc2)C2(CCN(S(=O)(=O)c3c(C)cc(C)cc3C)CC2)C1=O. The van der Waals surface area contributed by atoms with Gasteiger partial charge < -0.3 is 19.9 Å². The van der Waals surface area contributed by atoms with Crippen molar-refractivity contribution in [2.75, 3.05) is 44.9 Å². The maximum absolute atomic E-state index is 14.1. The zero-order valence-electron chi connectivity index (χ0n) is 25.3. The molecule has 9 nitrogen and oxygen atoms in total. The zero-order valence-corrected chi connectivity index (χ0v) is 26.1. The minimum Gasteiger partial charge on any atom is -0.496 e. The second-order valence-corrected chi connectivity index (χ2v) is 13.4. The first-order valence-corrected chi connectivity index (χ1v) is 16.1. The summed E-state index contributed by atoms with van der Waals surface area (Å²) in [6.45, 7) is 6.64. The highest BCUT2D eigenvalue weighted by Gasteiger charge is 2.55. The molecule has 0 radical (unpaired) electrons. The number of sulfonamides is 1. The lowest BCUT2D eigenvalue weighted by Crippen LogP contribution is -2.57. The fourth-order valence-corrected chi connectivity index (χ4v) is 8.45. The van der Waals surface area contributed by atoms with Gasteiger partial charge in [0.1, 0.15) is 17.8 Å². The average molecular weight is 605 g/mol. The van der Waals surface area contributed by atoms with Crippen LogP contribution in [-0.2, 0) is 26.0 Å². The molecule has 0 aliphatic carbocycles. The van der Waals surface area contributed by atoms with E-state index in [2.05, 4.69) is 5.32 Å². The Morgan fingerprint density at radius 2 is 1.58 bits per heavy atom. The number of hydrogen-bond acceptors (Lipinski definition) is 6. The summed E-state index contributed by atoms with van der Waals surface area (Å²) in [6.07, 6.45) is 1.26. The third-order valence-electron chi connectivity index (χ3n) is 8.58. The Kier molecular flexibility index (Phi) is 8.80. The van der Waals surface area contributed by atoms with Gasteiger partial charge in [-0.2, -0.15) is 4.31 Å². The van der Waals surface area contributed by atoms with Crippen LogP contribution in [0.3, 0.4) is 0 Å². The van der Waals surface area contributed by atoms with E-state index in [-0.39, 0.29) is 38.1 Å². The van der Waals surface area contributed by atoms with Crippen molar-refractivity contribution in [3.05, 3.63) is 89.0 Å². The molecule has 2 aliphatic rings. The zero-order chi connectivity index (χ0) is 30.8. The Hall–Kier alpha value is -3.89. The van der Waals surface area contributed by atoms with E-state index >= 15 is 0 Å². The Morgan fingerprint density at radius 1 is 0.953 bits per heavy atom. The topological polar surface area (TPSA) is 99.3 Å². The molecule has 2 saturated heterocycles. The number of aryl methyl sites for hydroxylation is 3. The van der Waals surface area contributed by atoms with E-state index in [0.717, 1.165) is 33.7 Å². The maximum atomic E-state index is 14.1. The van der Waals surface area contributed by atoms with Crippen LogP contribution in [-0.4, -0.2) is 74.9 Å². The Morgan fingerprint density at radius 3 is 2.23 bits per heavy atom. The van der Waals surface area contributed by atoms with Gasteiger partial charge in [-0.05, 0) is 74.9 Å². The average Bonchev–Trinajstić information content (AvgIpc) is 3.23. The molecule has 228 valence electrons. The van der Waals surface area contributed by atoms with Crippen LogP contribution in [0, 0.1) is 20.8 Å². The van der Waals surface area contributed by atoms with Crippen LogP contribution in [0.1, 0.15) is 35.1 Å². The molecule has 3 aromatic rings. The normalized spacial score (nSPS) is 17.0. The Labute approximate surface area is 254 Å². The molecule has 10 heteroatoms. The van der Waals surface area contributed by atoms with Gasteiger partial charge in [0.25, 0.3) is 0 Å². The monoisotopic (exact) mass is 604 g/mol. The van der Waals surface area contributed by atoms with Gasteiger partial charge in [0.05, 0.1) is 18.7 Å². The van der Waals surface area contributed by atoms with E-state index in [0.29, 0.717) is 30.7 Å². The van der Waals surface area contributed by atoms with Gasteiger partial charge in [0.2, 0.25) is 21.8 Å². The third-order valence-corrected chi connectivity index (χ3v) is 10.8. The first-order valence-electron chi connectivity index (χ1n) is 14.7. The Balaban J connectivity index is 1.31. The molecule has 0 unspecified atom stereocenters. The standard InChI is InChI=1S/C33H40N4O5S/c1-24-20-25(2)31(26(3)21-24)43(40,41)36-18-15-33(16-19-36)32(39)35(23-37(33)28-11-6-5-7-12-28)22-30(38)34-17-14-27-10-8-9-13-29(27)42-4/h5-13,20-21H,14-19,22-23H2,1-4H3,(H,34,38). The van der Waals surface area contributed by atoms with Gasteiger partial charge in [-0.3, -0.25) is 9.59 Å².